The lowest BCUT2D eigenvalue weighted by molar-refractivity contribution is -0.130. The molecule has 7 nitrogen and oxygen atoms in total. The Morgan fingerprint density at radius 1 is 1.16 bits per heavy atom. The molecule has 2 amide bonds. The molecule has 188 valence electrons. The van der Waals surface area contributed by atoms with Crippen LogP contribution >= 0.6 is 11.3 Å². The lowest BCUT2D eigenvalue weighted by Gasteiger charge is -2.37. The van der Waals surface area contributed by atoms with Gasteiger partial charge in [-0.05, 0) is 65.1 Å². The highest BCUT2D eigenvalue weighted by Gasteiger charge is 2.31. The Labute approximate surface area is 218 Å². The quantitative estimate of drug-likeness (QED) is 0.386. The van der Waals surface area contributed by atoms with Crippen molar-refractivity contribution < 1.29 is 18.7 Å². The molecule has 0 fully saturated rings. The molecule has 0 saturated carbocycles. The molecule has 0 spiro atoms. The molecule has 9 heteroatoms. The first-order chi connectivity index (χ1) is 18.0. The molecule has 0 bridgehead atoms. The van der Waals surface area contributed by atoms with Crippen LogP contribution in [0, 0.1) is 5.82 Å². The van der Waals surface area contributed by atoms with E-state index in [4.69, 9.17) is 4.74 Å². The number of fused-ring (bicyclic) bond motifs is 1. The van der Waals surface area contributed by atoms with Crippen molar-refractivity contribution in [2.24, 2.45) is 0 Å². The number of rotatable bonds is 7. The van der Waals surface area contributed by atoms with Crippen molar-refractivity contribution in [1.82, 2.24) is 20.2 Å². The van der Waals surface area contributed by atoms with Crippen molar-refractivity contribution in [3.8, 4) is 5.75 Å². The van der Waals surface area contributed by atoms with Crippen molar-refractivity contribution >= 4 is 23.2 Å². The van der Waals surface area contributed by atoms with E-state index in [0.717, 1.165) is 22.3 Å². The number of pyridine rings is 1. The Morgan fingerprint density at radius 3 is 2.78 bits per heavy atom. The van der Waals surface area contributed by atoms with Gasteiger partial charge in [-0.25, -0.2) is 9.37 Å². The standard InChI is InChI=1S/C28H25FN4O3S/c1-18(34)33-12-9-20-5-6-23(14-24(20)27(33)21-3-2-4-22(29)13-21)36-16-26-32-25(17-37-26)28(35)31-15-19-7-10-30-11-8-19/h2-8,10-11,13-14,17,27H,9,12,15-16H2,1H3,(H,31,35). The third kappa shape index (κ3) is 5.67. The van der Waals surface area contributed by atoms with Crippen molar-refractivity contribution in [3.05, 3.63) is 111 Å². The summed E-state index contributed by atoms with van der Waals surface area (Å²) in [4.78, 5) is 35.0. The summed E-state index contributed by atoms with van der Waals surface area (Å²) in [5.74, 6) is -0.0477. The molecular weight excluding hydrogens is 491 g/mol. The van der Waals surface area contributed by atoms with E-state index in [9.17, 15) is 14.0 Å². The van der Waals surface area contributed by atoms with Gasteiger partial charge in [0.25, 0.3) is 5.91 Å². The van der Waals surface area contributed by atoms with Crippen LogP contribution < -0.4 is 10.1 Å². The van der Waals surface area contributed by atoms with Gasteiger partial charge in [-0.15, -0.1) is 11.3 Å². The van der Waals surface area contributed by atoms with E-state index in [0.29, 0.717) is 36.0 Å². The third-order valence-corrected chi connectivity index (χ3v) is 7.09. The van der Waals surface area contributed by atoms with E-state index in [1.165, 1.54) is 30.4 Å². The first-order valence-electron chi connectivity index (χ1n) is 11.9. The van der Waals surface area contributed by atoms with Gasteiger partial charge in [-0.3, -0.25) is 14.6 Å². The van der Waals surface area contributed by atoms with Crippen LogP contribution in [0.25, 0.3) is 0 Å². The van der Waals surface area contributed by atoms with Crippen LogP contribution in [0.5, 0.6) is 5.75 Å². The third-order valence-electron chi connectivity index (χ3n) is 6.26. The minimum Gasteiger partial charge on any atom is -0.486 e. The first-order valence-corrected chi connectivity index (χ1v) is 12.8. The number of ether oxygens (including phenoxy) is 1. The topological polar surface area (TPSA) is 84.4 Å². The summed E-state index contributed by atoms with van der Waals surface area (Å²) in [5, 5.41) is 5.22. The maximum Gasteiger partial charge on any atom is 0.271 e. The summed E-state index contributed by atoms with van der Waals surface area (Å²) < 4.78 is 20.1. The molecule has 1 unspecified atom stereocenters. The van der Waals surface area contributed by atoms with Crippen LogP contribution in [0.3, 0.4) is 0 Å². The van der Waals surface area contributed by atoms with E-state index in [-0.39, 0.29) is 24.2 Å². The highest BCUT2D eigenvalue weighted by molar-refractivity contribution is 7.09. The first kappa shape index (κ1) is 24.6. The number of carbonyl (C=O) groups excluding carboxylic acids is 2. The van der Waals surface area contributed by atoms with E-state index >= 15 is 0 Å². The second kappa shape index (κ2) is 10.9. The molecule has 1 atom stereocenters. The largest absolute Gasteiger partial charge is 0.486 e. The zero-order chi connectivity index (χ0) is 25.8. The number of hydrogen-bond donors (Lipinski definition) is 1. The molecule has 1 N–H and O–H groups in total. The summed E-state index contributed by atoms with van der Waals surface area (Å²) in [6.45, 7) is 2.69. The fourth-order valence-electron chi connectivity index (χ4n) is 4.46. The van der Waals surface area contributed by atoms with Crippen LogP contribution in [0.1, 0.15) is 50.7 Å². The van der Waals surface area contributed by atoms with Crippen LogP contribution in [0.15, 0.2) is 72.4 Å². The number of aromatic nitrogens is 2. The second-order valence-electron chi connectivity index (χ2n) is 8.73. The minimum atomic E-state index is -0.393. The molecule has 37 heavy (non-hydrogen) atoms. The predicted octanol–water partition coefficient (Wildman–Crippen LogP) is 4.68. The number of benzene rings is 2. The second-order valence-corrected chi connectivity index (χ2v) is 9.68. The van der Waals surface area contributed by atoms with Gasteiger partial charge >= 0.3 is 0 Å². The van der Waals surface area contributed by atoms with Gasteiger partial charge in [0, 0.05) is 37.8 Å². The monoisotopic (exact) mass is 516 g/mol. The van der Waals surface area contributed by atoms with Crippen LogP contribution in [0.4, 0.5) is 4.39 Å². The smallest absolute Gasteiger partial charge is 0.271 e. The molecule has 5 rings (SSSR count). The lowest BCUT2D eigenvalue weighted by atomic mass is 9.88. The molecule has 1 aliphatic heterocycles. The molecule has 2 aromatic heterocycles. The number of thiazole rings is 1. The van der Waals surface area contributed by atoms with Gasteiger partial charge < -0.3 is 15.0 Å². The zero-order valence-electron chi connectivity index (χ0n) is 20.2. The Kier molecular flexibility index (Phi) is 7.23. The van der Waals surface area contributed by atoms with Gasteiger partial charge in [0.2, 0.25) is 5.91 Å². The number of nitrogens with zero attached hydrogens (tertiary/aromatic N) is 3. The summed E-state index contributed by atoms with van der Waals surface area (Å²) >= 11 is 1.35. The van der Waals surface area contributed by atoms with E-state index in [1.54, 1.807) is 28.7 Å². The molecular formula is C28H25FN4O3S. The highest BCUT2D eigenvalue weighted by Crippen LogP contribution is 2.37. The molecule has 4 aromatic rings. The van der Waals surface area contributed by atoms with E-state index in [1.807, 2.05) is 36.4 Å². The Morgan fingerprint density at radius 2 is 2.00 bits per heavy atom. The number of halogens is 1. The fourth-order valence-corrected chi connectivity index (χ4v) is 5.14. The van der Waals surface area contributed by atoms with Crippen LogP contribution in [-0.2, 0) is 24.4 Å². The number of hydrogen-bond acceptors (Lipinski definition) is 6. The summed E-state index contributed by atoms with van der Waals surface area (Å²) in [6.07, 6.45) is 4.07. The Balaban J connectivity index is 1.29. The van der Waals surface area contributed by atoms with Crippen LogP contribution in [0.2, 0.25) is 0 Å². The van der Waals surface area contributed by atoms with Gasteiger partial charge in [0.15, 0.2) is 0 Å². The van der Waals surface area contributed by atoms with Crippen molar-refractivity contribution in [1.29, 1.82) is 0 Å². The predicted molar refractivity (Wildman–Crippen MR) is 138 cm³/mol. The Bertz CT molecular complexity index is 1430. The number of carbonyl (C=O) groups is 2. The van der Waals surface area contributed by atoms with Gasteiger partial charge in [-0.2, -0.15) is 0 Å². The summed E-state index contributed by atoms with van der Waals surface area (Å²) in [6, 6.07) is 15.4. The van der Waals surface area contributed by atoms with Crippen molar-refractivity contribution in [2.75, 3.05) is 6.54 Å². The normalized spacial score (nSPS) is 14.6. The number of nitrogens with one attached hydrogen (secondary N) is 1. The van der Waals surface area contributed by atoms with Gasteiger partial charge in [-0.1, -0.05) is 18.2 Å². The van der Waals surface area contributed by atoms with Crippen molar-refractivity contribution in [3.63, 3.8) is 0 Å². The zero-order valence-corrected chi connectivity index (χ0v) is 21.0. The van der Waals surface area contributed by atoms with Crippen molar-refractivity contribution in [2.45, 2.75) is 32.5 Å². The summed E-state index contributed by atoms with van der Waals surface area (Å²) in [5.41, 5.74) is 4.03. The minimum absolute atomic E-state index is 0.0660. The Hall–Kier alpha value is -4.11. The average molecular weight is 517 g/mol. The molecule has 1 aliphatic rings. The molecule has 0 radical (unpaired) electrons. The summed E-state index contributed by atoms with van der Waals surface area (Å²) in [7, 11) is 0. The van der Waals surface area contributed by atoms with Gasteiger partial charge in [0.05, 0.1) is 6.04 Å². The van der Waals surface area contributed by atoms with Crippen LogP contribution in [-0.4, -0.2) is 33.2 Å². The number of amides is 2. The average Bonchev–Trinajstić information content (AvgIpc) is 3.39. The van der Waals surface area contributed by atoms with E-state index in [2.05, 4.69) is 15.3 Å². The maximum absolute atomic E-state index is 14.0. The fraction of sp³-hybridized carbons (Fsp3) is 0.214. The lowest BCUT2D eigenvalue weighted by Crippen LogP contribution is -2.39. The molecule has 3 heterocycles. The maximum atomic E-state index is 14.0. The molecule has 0 aliphatic carbocycles. The van der Waals surface area contributed by atoms with E-state index < -0.39 is 6.04 Å². The molecule has 2 aromatic carbocycles. The highest BCUT2D eigenvalue weighted by atomic mass is 32.1. The van der Waals surface area contributed by atoms with Gasteiger partial charge in [0.1, 0.15) is 28.9 Å². The SMILES string of the molecule is CC(=O)N1CCc2ccc(OCc3nc(C(=O)NCc4ccncc4)cs3)cc2C1c1cccc(F)c1. The molecule has 0 saturated heterocycles.